The lowest BCUT2D eigenvalue weighted by molar-refractivity contribution is -0.137. The van der Waals surface area contributed by atoms with Crippen LogP contribution in [0.4, 0.5) is 11.5 Å². The van der Waals surface area contributed by atoms with Gasteiger partial charge < -0.3 is 20.5 Å². The van der Waals surface area contributed by atoms with Crippen molar-refractivity contribution in [3.05, 3.63) is 47.0 Å². The number of ether oxygens (including phenoxy) is 1. The van der Waals surface area contributed by atoms with E-state index in [9.17, 15) is 9.59 Å². The zero-order valence-electron chi connectivity index (χ0n) is 18.1. The van der Waals surface area contributed by atoms with E-state index in [0.29, 0.717) is 13.1 Å². The van der Waals surface area contributed by atoms with Crippen molar-refractivity contribution in [2.75, 3.05) is 23.8 Å². The highest BCUT2D eigenvalue weighted by Gasteiger charge is 2.29. The van der Waals surface area contributed by atoms with Crippen LogP contribution < -0.4 is 15.4 Å². The number of amides is 1. The Morgan fingerprint density at radius 3 is 2.59 bits per heavy atom. The average Bonchev–Trinajstić information content (AvgIpc) is 2.99. The summed E-state index contributed by atoms with van der Waals surface area (Å²) >= 11 is 0. The highest BCUT2D eigenvalue weighted by atomic mass is 16.5. The number of rotatable bonds is 5. The maximum atomic E-state index is 13.2. The van der Waals surface area contributed by atoms with Gasteiger partial charge in [0.25, 0.3) is 5.91 Å². The molecule has 3 aromatic rings. The Morgan fingerprint density at radius 1 is 1.19 bits per heavy atom. The van der Waals surface area contributed by atoms with Gasteiger partial charge in [0.15, 0.2) is 0 Å². The number of carboxylic acid groups (broad SMARTS) is 1. The van der Waals surface area contributed by atoms with Crippen LogP contribution in [0.2, 0.25) is 0 Å². The number of nitrogens with zero attached hydrogens (tertiary/aromatic N) is 5. The molecule has 1 aromatic carbocycles. The normalized spacial score (nSPS) is 13.5. The van der Waals surface area contributed by atoms with E-state index in [4.69, 9.17) is 15.6 Å². The summed E-state index contributed by atoms with van der Waals surface area (Å²) in [7, 11) is 0. The molecule has 1 aliphatic rings. The Kier molecular flexibility index (Phi) is 5.52. The fourth-order valence-corrected chi connectivity index (χ4v) is 4.02. The monoisotopic (exact) mass is 436 g/mol. The number of benzene rings is 1. The molecule has 0 atom stereocenters. The first-order valence-corrected chi connectivity index (χ1v) is 10.2. The molecule has 0 fully saturated rings. The van der Waals surface area contributed by atoms with Gasteiger partial charge in [0.1, 0.15) is 24.3 Å². The van der Waals surface area contributed by atoms with Crippen molar-refractivity contribution in [2.45, 2.75) is 33.7 Å². The highest BCUT2D eigenvalue weighted by Crippen LogP contribution is 2.35. The number of anilines is 2. The second kappa shape index (κ2) is 8.29. The molecule has 0 unspecified atom stereocenters. The standard InChI is InChI=1S/C22H24N6O4/c1-12-8-15(28-6-7-32-21-19(22(28)31)20(23)24-11-25-21)9-13(2)18(12)16-10-27(26-14(16)3)5-4-17(29)30/h8-11H,4-7H2,1-3H3,(H,29,30)(H2,23,24,25). The van der Waals surface area contributed by atoms with Crippen molar-refractivity contribution in [3.63, 3.8) is 0 Å². The number of nitrogen functional groups attached to an aromatic ring is 1. The van der Waals surface area contributed by atoms with Crippen LogP contribution in [-0.2, 0) is 11.3 Å². The number of carboxylic acids is 1. The van der Waals surface area contributed by atoms with Crippen molar-refractivity contribution in [1.82, 2.24) is 19.7 Å². The van der Waals surface area contributed by atoms with Crippen LogP contribution in [0.25, 0.3) is 11.1 Å². The summed E-state index contributed by atoms with van der Waals surface area (Å²) in [5, 5.41) is 13.4. The highest BCUT2D eigenvalue weighted by molar-refractivity contribution is 6.10. The van der Waals surface area contributed by atoms with E-state index >= 15 is 0 Å². The number of aliphatic carboxylic acids is 1. The van der Waals surface area contributed by atoms with E-state index in [1.54, 1.807) is 9.58 Å². The van der Waals surface area contributed by atoms with E-state index < -0.39 is 5.97 Å². The van der Waals surface area contributed by atoms with Crippen LogP contribution in [0.5, 0.6) is 5.88 Å². The molecule has 32 heavy (non-hydrogen) atoms. The summed E-state index contributed by atoms with van der Waals surface area (Å²) < 4.78 is 7.27. The predicted molar refractivity (Wildman–Crippen MR) is 118 cm³/mol. The predicted octanol–water partition coefficient (Wildman–Crippen LogP) is 2.36. The first-order chi connectivity index (χ1) is 15.3. The number of hydrogen-bond acceptors (Lipinski definition) is 7. The molecule has 3 N–H and O–H groups in total. The molecular formula is C22H24N6O4. The molecule has 0 radical (unpaired) electrons. The van der Waals surface area contributed by atoms with Gasteiger partial charge >= 0.3 is 5.97 Å². The second-order valence-corrected chi connectivity index (χ2v) is 7.73. The molecule has 0 spiro atoms. The van der Waals surface area contributed by atoms with Gasteiger partial charge in [-0.1, -0.05) is 0 Å². The molecule has 3 heterocycles. The van der Waals surface area contributed by atoms with Crippen molar-refractivity contribution >= 4 is 23.4 Å². The summed E-state index contributed by atoms with van der Waals surface area (Å²) in [6, 6.07) is 3.89. The minimum absolute atomic E-state index is 0.00489. The molecule has 0 bridgehead atoms. The largest absolute Gasteiger partial charge is 0.481 e. The van der Waals surface area contributed by atoms with E-state index in [-0.39, 0.29) is 36.2 Å². The van der Waals surface area contributed by atoms with Crippen LogP contribution in [0.3, 0.4) is 0 Å². The Morgan fingerprint density at radius 2 is 1.91 bits per heavy atom. The van der Waals surface area contributed by atoms with Crippen molar-refractivity contribution in [2.24, 2.45) is 0 Å². The first kappa shape index (κ1) is 21.3. The first-order valence-electron chi connectivity index (χ1n) is 10.2. The lowest BCUT2D eigenvalue weighted by atomic mass is 9.95. The van der Waals surface area contributed by atoms with Crippen LogP contribution >= 0.6 is 0 Å². The third kappa shape index (κ3) is 3.86. The third-order valence-corrected chi connectivity index (χ3v) is 5.45. The van der Waals surface area contributed by atoms with Gasteiger partial charge in [-0.05, 0) is 49.6 Å². The van der Waals surface area contributed by atoms with Crippen molar-refractivity contribution in [3.8, 4) is 17.0 Å². The fourth-order valence-electron chi connectivity index (χ4n) is 4.02. The van der Waals surface area contributed by atoms with Crippen LogP contribution in [0.1, 0.15) is 33.6 Å². The van der Waals surface area contributed by atoms with Gasteiger partial charge in [0.2, 0.25) is 5.88 Å². The Labute approximate surface area is 184 Å². The van der Waals surface area contributed by atoms with Crippen molar-refractivity contribution in [1.29, 1.82) is 0 Å². The van der Waals surface area contributed by atoms with Crippen LogP contribution in [0, 0.1) is 20.8 Å². The van der Waals surface area contributed by atoms with E-state index in [1.165, 1.54) is 6.33 Å². The molecule has 0 saturated carbocycles. The second-order valence-electron chi connectivity index (χ2n) is 7.73. The SMILES string of the molecule is Cc1cc(N2CCOc3ncnc(N)c3C2=O)cc(C)c1-c1cn(CCC(=O)O)nc1C. The summed E-state index contributed by atoms with van der Waals surface area (Å²) in [6.07, 6.45) is 3.15. The molecule has 4 rings (SSSR count). The summed E-state index contributed by atoms with van der Waals surface area (Å²) in [6.45, 7) is 6.78. The average molecular weight is 436 g/mol. The lowest BCUT2D eigenvalue weighted by Gasteiger charge is -2.23. The summed E-state index contributed by atoms with van der Waals surface area (Å²) in [5.74, 6) is -0.893. The zero-order valence-corrected chi connectivity index (χ0v) is 18.1. The number of hydrogen-bond donors (Lipinski definition) is 2. The third-order valence-electron chi connectivity index (χ3n) is 5.45. The minimum atomic E-state index is -0.866. The molecule has 1 aliphatic heterocycles. The molecule has 2 aromatic heterocycles. The molecule has 0 saturated heterocycles. The number of nitrogens with two attached hydrogens (primary N) is 1. The van der Waals surface area contributed by atoms with Crippen molar-refractivity contribution < 1.29 is 19.4 Å². The summed E-state index contributed by atoms with van der Waals surface area (Å²) in [4.78, 5) is 33.7. The Balaban J connectivity index is 1.70. The lowest BCUT2D eigenvalue weighted by Crippen LogP contribution is -2.33. The van der Waals surface area contributed by atoms with E-state index in [1.807, 2.05) is 39.1 Å². The zero-order chi connectivity index (χ0) is 23.0. The maximum Gasteiger partial charge on any atom is 0.305 e. The number of fused-ring (bicyclic) bond motifs is 1. The van der Waals surface area contributed by atoms with E-state index in [2.05, 4.69) is 15.1 Å². The number of carbonyl (C=O) groups is 2. The number of aromatic nitrogens is 4. The van der Waals surface area contributed by atoms with Crippen LogP contribution in [0.15, 0.2) is 24.7 Å². The van der Waals surface area contributed by atoms with Gasteiger partial charge in [-0.25, -0.2) is 9.97 Å². The summed E-state index contributed by atoms with van der Waals surface area (Å²) in [5.41, 5.74) is 11.5. The van der Waals surface area contributed by atoms with Gasteiger partial charge in [-0.2, -0.15) is 5.10 Å². The van der Waals surface area contributed by atoms with Gasteiger partial charge in [0, 0.05) is 17.4 Å². The van der Waals surface area contributed by atoms with Gasteiger partial charge in [-0.3, -0.25) is 14.3 Å². The number of aryl methyl sites for hydroxylation is 4. The van der Waals surface area contributed by atoms with Gasteiger partial charge in [0.05, 0.1) is 25.2 Å². The molecule has 1 amide bonds. The van der Waals surface area contributed by atoms with Crippen LogP contribution in [-0.4, -0.2) is 49.9 Å². The molecule has 10 heteroatoms. The molecule has 10 nitrogen and oxygen atoms in total. The molecule has 166 valence electrons. The van der Waals surface area contributed by atoms with Gasteiger partial charge in [-0.15, -0.1) is 0 Å². The van der Waals surface area contributed by atoms with E-state index in [0.717, 1.165) is 33.6 Å². The topological polar surface area (TPSA) is 136 Å². The quantitative estimate of drug-likeness (QED) is 0.622. The smallest absolute Gasteiger partial charge is 0.305 e. The molecular weight excluding hydrogens is 412 g/mol. The fraction of sp³-hybridized carbons (Fsp3) is 0.318. The Hall–Kier alpha value is -3.95. The maximum absolute atomic E-state index is 13.2. The minimum Gasteiger partial charge on any atom is -0.481 e. The Bertz CT molecular complexity index is 1200. The molecule has 0 aliphatic carbocycles. The number of carbonyl (C=O) groups excluding carboxylic acids is 1.